The van der Waals surface area contributed by atoms with Gasteiger partial charge in [-0.25, -0.2) is 9.78 Å². The minimum absolute atomic E-state index is 0.0119. The Bertz CT molecular complexity index is 1170. The Kier molecular flexibility index (Phi) is 8.54. The van der Waals surface area contributed by atoms with E-state index in [4.69, 9.17) is 4.74 Å². The summed E-state index contributed by atoms with van der Waals surface area (Å²) in [6, 6.07) is 5.65. The average Bonchev–Trinajstić information content (AvgIpc) is 3.27. The number of hydrogen-bond acceptors (Lipinski definition) is 5. The Balaban J connectivity index is 1.47. The molecule has 0 amide bonds. The summed E-state index contributed by atoms with van der Waals surface area (Å²) in [4.78, 5) is 15.6. The number of sulfonamides is 1. The van der Waals surface area contributed by atoms with Crippen LogP contribution in [0.25, 0.3) is 0 Å². The van der Waals surface area contributed by atoms with Gasteiger partial charge in [-0.1, -0.05) is 51.4 Å². The number of ether oxygens (including phenoxy) is 1. The van der Waals surface area contributed by atoms with Gasteiger partial charge in [0, 0.05) is 6.20 Å². The first-order valence-electron chi connectivity index (χ1n) is 13.2. The molecule has 0 bridgehead atoms. The highest BCUT2D eigenvalue weighted by Crippen LogP contribution is 2.41. The minimum atomic E-state index is -3.97. The van der Waals surface area contributed by atoms with E-state index in [1.165, 1.54) is 83.1 Å². The number of rotatable bonds is 7. The molecule has 2 N–H and O–H groups in total. The predicted octanol–water partition coefficient (Wildman–Crippen LogP) is 6.53. The molecule has 2 atom stereocenters. The second kappa shape index (κ2) is 11.6. The van der Waals surface area contributed by atoms with Crippen molar-refractivity contribution in [1.29, 1.82) is 0 Å². The summed E-state index contributed by atoms with van der Waals surface area (Å²) in [7, 11) is -2.61. The number of aromatic nitrogens is 1. The highest BCUT2D eigenvalue weighted by atomic mass is 32.2. The van der Waals surface area contributed by atoms with Gasteiger partial charge in [-0.3, -0.25) is 4.72 Å². The molecule has 0 saturated heterocycles. The molecule has 4 rings (SSSR count). The molecule has 1 aromatic carbocycles. The first-order chi connectivity index (χ1) is 17.3. The Morgan fingerprint density at radius 3 is 2.33 bits per heavy atom. The second-order valence-corrected chi connectivity index (χ2v) is 12.1. The summed E-state index contributed by atoms with van der Waals surface area (Å²) >= 11 is 0. The van der Waals surface area contributed by atoms with Crippen LogP contribution >= 0.6 is 0 Å². The van der Waals surface area contributed by atoms with Crippen molar-refractivity contribution in [2.24, 2.45) is 11.8 Å². The van der Waals surface area contributed by atoms with E-state index in [2.05, 4.69) is 9.71 Å². The van der Waals surface area contributed by atoms with Gasteiger partial charge in [-0.15, -0.1) is 0 Å². The molecule has 36 heavy (non-hydrogen) atoms. The van der Waals surface area contributed by atoms with Crippen molar-refractivity contribution in [3.8, 4) is 5.75 Å². The first-order valence-corrected chi connectivity index (χ1v) is 14.7. The molecule has 0 aliphatic heterocycles. The van der Waals surface area contributed by atoms with Crippen molar-refractivity contribution >= 4 is 21.7 Å². The average molecular weight is 515 g/mol. The molecule has 2 saturated carbocycles. The van der Waals surface area contributed by atoms with Crippen LogP contribution in [0.2, 0.25) is 0 Å². The van der Waals surface area contributed by atoms with Crippen LogP contribution in [0.4, 0.5) is 5.69 Å². The zero-order valence-electron chi connectivity index (χ0n) is 21.3. The standard InChI is InChI=1S/C28H38N2O5S/c1-19-16-27(36(33,34)30-25-15-14-23(28(31)32)17-26(25)35-2)29-18-24(19)22-11-7-10-21(12-13-22)20-8-5-3-4-6-9-20/h14-18,20-22,30H,3-13H2,1-2H3,(H,31,32)/t21?,22-/m0/s1. The number of pyridine rings is 1. The highest BCUT2D eigenvalue weighted by Gasteiger charge is 2.28. The monoisotopic (exact) mass is 514 g/mol. The summed E-state index contributed by atoms with van der Waals surface area (Å²) in [5, 5.41) is 9.12. The number of carbonyl (C=O) groups is 1. The van der Waals surface area contributed by atoms with E-state index < -0.39 is 16.0 Å². The van der Waals surface area contributed by atoms with E-state index in [0.717, 1.165) is 35.8 Å². The number of anilines is 1. The van der Waals surface area contributed by atoms with Gasteiger partial charge in [0.05, 0.1) is 18.4 Å². The van der Waals surface area contributed by atoms with Crippen LogP contribution in [0.5, 0.6) is 5.75 Å². The number of benzene rings is 1. The molecule has 2 aliphatic carbocycles. The van der Waals surface area contributed by atoms with Crippen molar-refractivity contribution in [1.82, 2.24) is 4.98 Å². The van der Waals surface area contributed by atoms with Crippen LogP contribution < -0.4 is 9.46 Å². The largest absolute Gasteiger partial charge is 0.495 e. The Labute approximate surface area is 214 Å². The van der Waals surface area contributed by atoms with Crippen molar-refractivity contribution in [3.63, 3.8) is 0 Å². The predicted molar refractivity (Wildman–Crippen MR) is 140 cm³/mol. The third-order valence-electron chi connectivity index (χ3n) is 8.11. The van der Waals surface area contributed by atoms with E-state index in [9.17, 15) is 18.3 Å². The zero-order valence-corrected chi connectivity index (χ0v) is 22.1. The van der Waals surface area contributed by atoms with Crippen molar-refractivity contribution in [2.75, 3.05) is 11.8 Å². The van der Waals surface area contributed by atoms with Gasteiger partial charge in [0.15, 0.2) is 5.03 Å². The number of nitrogens with one attached hydrogen (secondary N) is 1. The highest BCUT2D eigenvalue weighted by molar-refractivity contribution is 7.92. The van der Waals surface area contributed by atoms with Gasteiger partial charge in [0.25, 0.3) is 10.0 Å². The Hall–Kier alpha value is -2.61. The Morgan fingerprint density at radius 1 is 0.972 bits per heavy atom. The molecule has 2 aliphatic rings. The number of aryl methyl sites for hydroxylation is 1. The van der Waals surface area contributed by atoms with Crippen molar-refractivity contribution < 1.29 is 23.1 Å². The third-order valence-corrected chi connectivity index (χ3v) is 9.38. The lowest BCUT2D eigenvalue weighted by atomic mass is 9.81. The topological polar surface area (TPSA) is 106 Å². The number of methoxy groups -OCH3 is 1. The maximum atomic E-state index is 13.1. The van der Waals surface area contributed by atoms with Crippen LogP contribution in [0.3, 0.4) is 0 Å². The summed E-state index contributed by atoms with van der Waals surface area (Å²) in [6.07, 6.45) is 16.1. The normalized spacial score (nSPS) is 21.8. The molecule has 2 aromatic rings. The van der Waals surface area contributed by atoms with Crippen LogP contribution in [0, 0.1) is 18.8 Å². The van der Waals surface area contributed by atoms with E-state index in [1.54, 1.807) is 12.3 Å². The molecule has 196 valence electrons. The summed E-state index contributed by atoms with van der Waals surface area (Å²) in [5.41, 5.74) is 2.27. The smallest absolute Gasteiger partial charge is 0.335 e. The van der Waals surface area contributed by atoms with Crippen molar-refractivity contribution in [3.05, 3.63) is 47.2 Å². The van der Waals surface area contributed by atoms with E-state index in [0.29, 0.717) is 5.92 Å². The third kappa shape index (κ3) is 6.20. The number of hydrogen-bond donors (Lipinski definition) is 2. The number of carboxylic acids is 1. The lowest BCUT2D eigenvalue weighted by Gasteiger charge is -2.25. The lowest BCUT2D eigenvalue weighted by molar-refractivity contribution is 0.0696. The van der Waals surface area contributed by atoms with E-state index in [-0.39, 0.29) is 22.0 Å². The zero-order chi connectivity index (χ0) is 25.7. The van der Waals surface area contributed by atoms with Crippen molar-refractivity contribution in [2.45, 2.75) is 88.5 Å². The first kappa shape index (κ1) is 26.5. The lowest BCUT2D eigenvalue weighted by Crippen LogP contribution is -2.16. The maximum Gasteiger partial charge on any atom is 0.335 e. The summed E-state index contributed by atoms with van der Waals surface area (Å²) in [6.45, 7) is 1.96. The van der Waals surface area contributed by atoms with E-state index in [1.807, 2.05) is 6.92 Å². The van der Waals surface area contributed by atoms with Crippen LogP contribution in [0.15, 0.2) is 35.5 Å². The van der Waals surface area contributed by atoms with Gasteiger partial charge in [0.2, 0.25) is 0 Å². The van der Waals surface area contributed by atoms with Gasteiger partial charge >= 0.3 is 5.97 Å². The summed E-state index contributed by atoms with van der Waals surface area (Å²) < 4.78 is 33.9. The SMILES string of the molecule is COc1cc(C(=O)O)ccc1NS(=O)(=O)c1cc(C)c([C@H]2CCCC(C3CCCCCC3)CC2)cn1. The minimum Gasteiger partial charge on any atom is -0.495 e. The van der Waals surface area contributed by atoms with Gasteiger partial charge in [-0.05, 0) is 79.3 Å². The fourth-order valence-corrected chi connectivity index (χ4v) is 7.20. The molecule has 2 fully saturated rings. The molecule has 8 heteroatoms. The fourth-order valence-electron chi connectivity index (χ4n) is 6.12. The molecule has 1 unspecified atom stereocenters. The number of nitrogens with zero attached hydrogens (tertiary/aromatic N) is 1. The van der Waals surface area contributed by atoms with Crippen LogP contribution in [0.1, 0.15) is 98.0 Å². The Morgan fingerprint density at radius 2 is 1.67 bits per heavy atom. The van der Waals surface area contributed by atoms with Gasteiger partial charge < -0.3 is 9.84 Å². The second-order valence-electron chi connectivity index (χ2n) is 10.4. The van der Waals surface area contributed by atoms with Gasteiger partial charge in [-0.2, -0.15) is 8.42 Å². The molecule has 1 aromatic heterocycles. The molecule has 0 radical (unpaired) electrons. The van der Waals surface area contributed by atoms with Gasteiger partial charge in [0.1, 0.15) is 5.75 Å². The van der Waals surface area contributed by atoms with Crippen LogP contribution in [-0.2, 0) is 10.0 Å². The molecule has 7 nitrogen and oxygen atoms in total. The molecular weight excluding hydrogens is 476 g/mol. The van der Waals surface area contributed by atoms with E-state index >= 15 is 0 Å². The maximum absolute atomic E-state index is 13.1. The number of aromatic carboxylic acids is 1. The number of carboxylic acid groups (broad SMARTS) is 1. The van der Waals surface area contributed by atoms with Crippen LogP contribution in [-0.4, -0.2) is 31.6 Å². The molecule has 0 spiro atoms. The molecular formula is C28H38N2O5S. The fraction of sp³-hybridized carbons (Fsp3) is 0.571. The quantitative estimate of drug-likeness (QED) is 0.407. The molecule has 1 heterocycles. The summed E-state index contributed by atoms with van der Waals surface area (Å²) in [5.74, 6) is 1.14.